The third kappa shape index (κ3) is 2.20. The number of nitrogens with one attached hydrogen (secondary N) is 1. The molecule has 3 N–H and O–H groups in total. The zero-order valence-corrected chi connectivity index (χ0v) is 7.87. The lowest BCUT2D eigenvalue weighted by atomic mass is 9.98. The van der Waals surface area contributed by atoms with Crippen molar-refractivity contribution in [2.75, 3.05) is 26.2 Å². The Bertz CT molecular complexity index is 160. The molecule has 0 aromatic rings. The minimum atomic E-state index is 0.00986. The Morgan fingerprint density at radius 1 is 1.31 bits per heavy atom. The number of hydrogen-bond acceptors (Lipinski definition) is 4. The molecule has 2 fully saturated rings. The summed E-state index contributed by atoms with van der Waals surface area (Å²) in [4.78, 5) is 0. The van der Waals surface area contributed by atoms with Crippen LogP contribution in [-0.2, 0) is 9.47 Å². The van der Waals surface area contributed by atoms with Gasteiger partial charge in [0.2, 0.25) is 0 Å². The summed E-state index contributed by atoms with van der Waals surface area (Å²) in [6, 6.07) is 0. The van der Waals surface area contributed by atoms with Crippen molar-refractivity contribution < 1.29 is 9.47 Å². The fourth-order valence-corrected chi connectivity index (χ4v) is 1.96. The van der Waals surface area contributed by atoms with Gasteiger partial charge in [-0.3, -0.25) is 0 Å². The van der Waals surface area contributed by atoms with E-state index in [1.54, 1.807) is 0 Å². The molecule has 0 spiro atoms. The van der Waals surface area contributed by atoms with E-state index < -0.39 is 0 Å². The number of nitrogens with two attached hydrogens (primary N) is 1. The zero-order valence-electron chi connectivity index (χ0n) is 7.87. The van der Waals surface area contributed by atoms with Crippen LogP contribution in [0.2, 0.25) is 0 Å². The molecule has 0 aliphatic carbocycles. The van der Waals surface area contributed by atoms with Gasteiger partial charge in [-0.2, -0.15) is 0 Å². The van der Waals surface area contributed by atoms with Gasteiger partial charge in [-0.05, 0) is 25.9 Å². The Labute approximate surface area is 78.8 Å². The van der Waals surface area contributed by atoms with Crippen LogP contribution in [0.5, 0.6) is 0 Å². The first-order chi connectivity index (χ1) is 6.40. The molecule has 2 aliphatic heterocycles. The molecule has 0 radical (unpaired) electrons. The van der Waals surface area contributed by atoms with Crippen molar-refractivity contribution >= 4 is 0 Å². The Hall–Kier alpha value is -0.160. The zero-order chi connectivity index (χ0) is 9.10. The molecule has 4 nitrogen and oxygen atoms in total. The molecule has 0 bridgehead atoms. The largest absolute Gasteiger partial charge is 0.350 e. The van der Waals surface area contributed by atoms with E-state index in [9.17, 15) is 0 Å². The molecule has 13 heavy (non-hydrogen) atoms. The van der Waals surface area contributed by atoms with Crippen LogP contribution in [0.3, 0.4) is 0 Å². The first-order valence-corrected chi connectivity index (χ1v) is 5.08. The Kier molecular flexibility index (Phi) is 3.16. The second-order valence-electron chi connectivity index (χ2n) is 3.78. The van der Waals surface area contributed by atoms with E-state index in [2.05, 4.69) is 5.32 Å². The first-order valence-electron chi connectivity index (χ1n) is 5.08. The lowest BCUT2D eigenvalue weighted by Crippen LogP contribution is -2.35. The topological polar surface area (TPSA) is 56.5 Å². The summed E-state index contributed by atoms with van der Waals surface area (Å²) in [7, 11) is 0. The van der Waals surface area contributed by atoms with Crippen molar-refractivity contribution in [3.05, 3.63) is 0 Å². The summed E-state index contributed by atoms with van der Waals surface area (Å²) in [6.07, 6.45) is 2.44. The van der Waals surface area contributed by atoms with E-state index >= 15 is 0 Å². The standard InChI is InChI=1S/C9H18N2O2/c10-5-8-6-12-9(13-8)7-1-3-11-4-2-7/h7-9,11H,1-6,10H2. The van der Waals surface area contributed by atoms with Gasteiger partial charge in [0.15, 0.2) is 6.29 Å². The highest BCUT2D eigenvalue weighted by Gasteiger charge is 2.32. The number of piperidine rings is 1. The van der Waals surface area contributed by atoms with Crippen molar-refractivity contribution in [3.8, 4) is 0 Å². The third-order valence-electron chi connectivity index (χ3n) is 2.80. The van der Waals surface area contributed by atoms with Gasteiger partial charge in [-0.25, -0.2) is 0 Å². The fraction of sp³-hybridized carbons (Fsp3) is 1.00. The van der Waals surface area contributed by atoms with Gasteiger partial charge < -0.3 is 20.5 Å². The van der Waals surface area contributed by atoms with Crippen LogP contribution in [-0.4, -0.2) is 38.6 Å². The van der Waals surface area contributed by atoms with Gasteiger partial charge >= 0.3 is 0 Å². The maximum absolute atomic E-state index is 5.68. The highest BCUT2D eigenvalue weighted by molar-refractivity contribution is 4.76. The number of rotatable bonds is 2. The van der Waals surface area contributed by atoms with Crippen LogP contribution in [0.15, 0.2) is 0 Å². The Balaban J connectivity index is 1.80. The van der Waals surface area contributed by atoms with E-state index in [4.69, 9.17) is 15.2 Å². The summed E-state index contributed by atoms with van der Waals surface area (Å²) in [5.41, 5.74) is 5.51. The van der Waals surface area contributed by atoms with Crippen LogP contribution in [0, 0.1) is 5.92 Å². The van der Waals surface area contributed by atoms with Gasteiger partial charge in [0.1, 0.15) is 0 Å². The summed E-state index contributed by atoms with van der Waals surface area (Å²) in [6.45, 7) is 3.41. The molecule has 0 saturated carbocycles. The van der Waals surface area contributed by atoms with Crippen LogP contribution >= 0.6 is 0 Å². The summed E-state index contributed by atoms with van der Waals surface area (Å²) < 4.78 is 11.2. The molecule has 2 aliphatic rings. The lowest BCUT2D eigenvalue weighted by Gasteiger charge is -2.26. The van der Waals surface area contributed by atoms with Crippen molar-refractivity contribution in [1.29, 1.82) is 0 Å². The van der Waals surface area contributed by atoms with Gasteiger partial charge in [-0.1, -0.05) is 0 Å². The average Bonchev–Trinajstić information content (AvgIpc) is 2.67. The lowest BCUT2D eigenvalue weighted by molar-refractivity contribution is -0.102. The first kappa shape index (κ1) is 9.40. The molecular formula is C9H18N2O2. The molecule has 0 aromatic carbocycles. The van der Waals surface area contributed by atoms with E-state index in [0.29, 0.717) is 19.1 Å². The predicted molar refractivity (Wildman–Crippen MR) is 49.3 cm³/mol. The molecule has 2 heterocycles. The molecule has 0 aromatic heterocycles. The minimum Gasteiger partial charge on any atom is -0.350 e. The second kappa shape index (κ2) is 4.37. The van der Waals surface area contributed by atoms with Crippen LogP contribution < -0.4 is 11.1 Å². The highest BCUT2D eigenvalue weighted by atomic mass is 16.7. The molecular weight excluding hydrogens is 168 g/mol. The monoisotopic (exact) mass is 186 g/mol. The van der Waals surface area contributed by atoms with Crippen LogP contribution in [0.1, 0.15) is 12.8 Å². The van der Waals surface area contributed by atoms with Gasteiger partial charge in [0, 0.05) is 12.5 Å². The van der Waals surface area contributed by atoms with Crippen LogP contribution in [0.25, 0.3) is 0 Å². The van der Waals surface area contributed by atoms with Crippen molar-refractivity contribution in [3.63, 3.8) is 0 Å². The molecule has 2 unspecified atom stereocenters. The van der Waals surface area contributed by atoms with E-state index in [-0.39, 0.29) is 12.4 Å². The third-order valence-corrected chi connectivity index (χ3v) is 2.80. The average molecular weight is 186 g/mol. The van der Waals surface area contributed by atoms with Crippen molar-refractivity contribution in [1.82, 2.24) is 5.32 Å². The van der Waals surface area contributed by atoms with Gasteiger partial charge in [0.05, 0.1) is 12.7 Å². The Morgan fingerprint density at radius 2 is 2.08 bits per heavy atom. The summed E-state index contributed by atoms with van der Waals surface area (Å²) >= 11 is 0. The number of ether oxygens (including phenoxy) is 2. The molecule has 2 rings (SSSR count). The van der Waals surface area contributed by atoms with Gasteiger partial charge in [-0.15, -0.1) is 0 Å². The van der Waals surface area contributed by atoms with E-state index in [1.165, 1.54) is 0 Å². The summed E-state index contributed by atoms with van der Waals surface area (Å²) in [5.74, 6) is 0.567. The number of hydrogen-bond donors (Lipinski definition) is 2. The maximum Gasteiger partial charge on any atom is 0.161 e. The minimum absolute atomic E-state index is 0.00986. The molecule has 2 atom stereocenters. The SMILES string of the molecule is NCC1COC(C2CCNCC2)O1. The molecule has 4 heteroatoms. The van der Waals surface area contributed by atoms with Crippen LogP contribution in [0.4, 0.5) is 0 Å². The van der Waals surface area contributed by atoms with Crippen molar-refractivity contribution in [2.45, 2.75) is 25.2 Å². The smallest absolute Gasteiger partial charge is 0.161 e. The molecule has 76 valence electrons. The van der Waals surface area contributed by atoms with Gasteiger partial charge in [0.25, 0.3) is 0 Å². The molecule has 2 saturated heterocycles. The fourth-order valence-electron chi connectivity index (χ4n) is 1.96. The summed E-state index contributed by atoms with van der Waals surface area (Å²) in [5, 5.41) is 3.33. The normalized spacial score (nSPS) is 36.7. The Morgan fingerprint density at radius 3 is 2.69 bits per heavy atom. The second-order valence-corrected chi connectivity index (χ2v) is 3.78. The molecule has 0 amide bonds. The van der Waals surface area contributed by atoms with Crippen molar-refractivity contribution in [2.24, 2.45) is 11.7 Å². The predicted octanol–water partition coefficient (Wildman–Crippen LogP) is -0.314. The van der Waals surface area contributed by atoms with E-state index in [0.717, 1.165) is 25.9 Å². The maximum atomic E-state index is 5.68. The quantitative estimate of drug-likeness (QED) is 0.621. The van der Waals surface area contributed by atoms with E-state index in [1.807, 2.05) is 0 Å². The highest BCUT2D eigenvalue weighted by Crippen LogP contribution is 2.25.